The van der Waals surface area contributed by atoms with Crippen LogP contribution in [-0.2, 0) is 4.43 Å². The molecule has 0 heterocycles. The first-order chi connectivity index (χ1) is 13.3. The Kier molecular flexibility index (Phi) is 8.23. The van der Waals surface area contributed by atoms with Gasteiger partial charge in [0.15, 0.2) is 0 Å². The molecule has 2 aromatic rings. The zero-order chi connectivity index (χ0) is 20.6. The number of unbranched alkanes of at least 4 members (excludes halogenated alkanes) is 1. The van der Waals surface area contributed by atoms with Crippen LogP contribution in [0.1, 0.15) is 53.4 Å². The van der Waals surface area contributed by atoms with Crippen LogP contribution in [0.15, 0.2) is 73.3 Å². The molecule has 0 spiro atoms. The molecule has 0 radical (unpaired) electrons. The quantitative estimate of drug-likeness (QED) is 0.346. The lowest BCUT2D eigenvalue weighted by Crippen LogP contribution is -2.67. The van der Waals surface area contributed by atoms with Gasteiger partial charge in [-0.2, -0.15) is 0 Å². The molecule has 2 nitrogen and oxygen atoms in total. The third-order valence-corrected chi connectivity index (χ3v) is 10.5. The van der Waals surface area contributed by atoms with Crippen molar-refractivity contribution < 1.29 is 9.53 Å². The lowest BCUT2D eigenvalue weighted by Gasteiger charge is -2.45. The molecule has 0 saturated carbocycles. The Labute approximate surface area is 172 Å². The van der Waals surface area contributed by atoms with Gasteiger partial charge in [0.25, 0.3) is 8.32 Å². The zero-order valence-electron chi connectivity index (χ0n) is 17.9. The van der Waals surface area contributed by atoms with Crippen molar-refractivity contribution in [3.05, 3.63) is 73.3 Å². The second-order valence-electron chi connectivity index (χ2n) is 8.70. The fraction of sp³-hybridized carbons (Fsp3) is 0.440. The van der Waals surface area contributed by atoms with Crippen molar-refractivity contribution in [1.29, 1.82) is 0 Å². The molecule has 0 unspecified atom stereocenters. The lowest BCUT2D eigenvalue weighted by atomic mass is 10.1. The summed E-state index contributed by atoms with van der Waals surface area (Å²) in [5, 5.41) is 13.0. The van der Waals surface area contributed by atoms with Gasteiger partial charge in [-0.05, 0) is 48.0 Å². The molecule has 152 valence electrons. The summed E-state index contributed by atoms with van der Waals surface area (Å²) >= 11 is 0. The van der Waals surface area contributed by atoms with Crippen molar-refractivity contribution in [3.63, 3.8) is 0 Å². The van der Waals surface area contributed by atoms with E-state index >= 15 is 0 Å². The molecule has 3 heteroatoms. The van der Waals surface area contributed by atoms with Crippen LogP contribution < -0.4 is 10.4 Å². The molecule has 0 aliphatic heterocycles. The first-order valence-electron chi connectivity index (χ1n) is 10.4. The SMILES string of the molecule is C=CCCC[C@H](O)C[C@H](C)O[Si](c1ccccc1)(c1ccccc1)C(C)(C)C. The standard InChI is InChI=1S/C25H36O2Si/c1-6-7-10-15-22(26)20-21(2)27-28(25(3,4)5,23-16-11-8-12-17-23)24-18-13-9-14-19-24/h6,8-9,11-14,16-19,21-22,26H,1,7,10,15,20H2,2-5H3/t21-,22-/m0/s1. The predicted molar refractivity (Wildman–Crippen MR) is 123 cm³/mol. The summed E-state index contributed by atoms with van der Waals surface area (Å²) in [6.07, 6.45) is 4.91. The second-order valence-corrected chi connectivity index (χ2v) is 13.0. The van der Waals surface area contributed by atoms with Gasteiger partial charge in [-0.1, -0.05) is 87.5 Å². The molecule has 1 N–H and O–H groups in total. The number of hydrogen-bond acceptors (Lipinski definition) is 2. The van der Waals surface area contributed by atoms with Crippen molar-refractivity contribution >= 4 is 18.7 Å². The fourth-order valence-electron chi connectivity index (χ4n) is 4.04. The van der Waals surface area contributed by atoms with E-state index in [1.165, 1.54) is 10.4 Å². The van der Waals surface area contributed by atoms with Gasteiger partial charge < -0.3 is 9.53 Å². The maximum absolute atomic E-state index is 10.5. The molecule has 0 fully saturated rings. The highest BCUT2D eigenvalue weighted by Gasteiger charge is 2.51. The Hall–Kier alpha value is -1.68. The van der Waals surface area contributed by atoms with Crippen LogP contribution in [0.3, 0.4) is 0 Å². The Morgan fingerprint density at radius 3 is 1.93 bits per heavy atom. The molecule has 0 aliphatic carbocycles. The van der Waals surface area contributed by atoms with Gasteiger partial charge in [0.2, 0.25) is 0 Å². The highest BCUT2D eigenvalue weighted by atomic mass is 28.4. The summed E-state index contributed by atoms with van der Waals surface area (Å²) in [4.78, 5) is 0. The molecule has 0 bridgehead atoms. The van der Waals surface area contributed by atoms with E-state index in [0.717, 1.165) is 19.3 Å². The molecular weight excluding hydrogens is 360 g/mol. The molecular formula is C25H36O2Si. The Morgan fingerprint density at radius 2 is 1.50 bits per heavy atom. The van der Waals surface area contributed by atoms with Gasteiger partial charge in [-0.25, -0.2) is 0 Å². The summed E-state index contributed by atoms with van der Waals surface area (Å²) in [7, 11) is -2.54. The molecule has 0 aliphatic rings. The third kappa shape index (κ3) is 5.44. The number of hydrogen-bond donors (Lipinski definition) is 1. The molecule has 28 heavy (non-hydrogen) atoms. The van der Waals surface area contributed by atoms with Crippen LogP contribution in [0, 0.1) is 0 Å². The molecule has 2 atom stereocenters. The van der Waals surface area contributed by atoms with E-state index in [1.54, 1.807) is 0 Å². The number of allylic oxidation sites excluding steroid dienone is 1. The summed E-state index contributed by atoms with van der Waals surface area (Å²) in [5.74, 6) is 0. The van der Waals surface area contributed by atoms with Crippen molar-refractivity contribution in [3.8, 4) is 0 Å². The van der Waals surface area contributed by atoms with Crippen LogP contribution >= 0.6 is 0 Å². The maximum Gasteiger partial charge on any atom is 0.261 e. The van der Waals surface area contributed by atoms with E-state index in [9.17, 15) is 5.11 Å². The van der Waals surface area contributed by atoms with Crippen molar-refractivity contribution in [2.75, 3.05) is 0 Å². The highest BCUT2D eigenvalue weighted by molar-refractivity contribution is 6.99. The van der Waals surface area contributed by atoms with Crippen molar-refractivity contribution in [1.82, 2.24) is 0 Å². The van der Waals surface area contributed by atoms with E-state index in [-0.39, 0.29) is 17.2 Å². The van der Waals surface area contributed by atoms with Crippen LogP contribution in [0.4, 0.5) is 0 Å². The molecule has 0 amide bonds. The van der Waals surface area contributed by atoms with E-state index in [2.05, 4.69) is 94.9 Å². The van der Waals surface area contributed by atoms with Gasteiger partial charge in [0, 0.05) is 6.10 Å². The van der Waals surface area contributed by atoms with Gasteiger partial charge in [-0.15, -0.1) is 6.58 Å². The smallest absolute Gasteiger partial charge is 0.261 e. The normalized spacial score (nSPS) is 14.5. The second kappa shape index (κ2) is 10.2. The topological polar surface area (TPSA) is 29.5 Å². The van der Waals surface area contributed by atoms with Gasteiger partial charge >= 0.3 is 0 Å². The maximum atomic E-state index is 10.5. The van der Waals surface area contributed by atoms with Crippen LogP contribution in [0.5, 0.6) is 0 Å². The van der Waals surface area contributed by atoms with Gasteiger partial charge in [0.1, 0.15) is 0 Å². The summed E-state index contributed by atoms with van der Waals surface area (Å²) < 4.78 is 7.01. The minimum atomic E-state index is -2.54. The van der Waals surface area contributed by atoms with Crippen LogP contribution in [0.25, 0.3) is 0 Å². The summed E-state index contributed by atoms with van der Waals surface area (Å²) in [6, 6.07) is 21.3. The Balaban J connectivity index is 2.37. The van der Waals surface area contributed by atoms with E-state index in [4.69, 9.17) is 4.43 Å². The number of benzene rings is 2. The average Bonchev–Trinajstić information content (AvgIpc) is 2.66. The lowest BCUT2D eigenvalue weighted by molar-refractivity contribution is 0.0908. The van der Waals surface area contributed by atoms with Crippen LogP contribution in [-0.4, -0.2) is 25.6 Å². The van der Waals surface area contributed by atoms with E-state index < -0.39 is 8.32 Å². The minimum Gasteiger partial charge on any atom is -0.405 e. The Bertz CT molecular complexity index is 667. The number of aliphatic hydroxyl groups excluding tert-OH is 1. The van der Waals surface area contributed by atoms with Gasteiger partial charge in [0.05, 0.1) is 6.10 Å². The highest BCUT2D eigenvalue weighted by Crippen LogP contribution is 2.37. The van der Waals surface area contributed by atoms with Crippen molar-refractivity contribution in [2.45, 2.75) is 70.6 Å². The zero-order valence-corrected chi connectivity index (χ0v) is 18.9. The van der Waals surface area contributed by atoms with Crippen LogP contribution in [0.2, 0.25) is 5.04 Å². The first kappa shape index (κ1) is 22.6. The molecule has 2 aromatic carbocycles. The third-order valence-electron chi connectivity index (χ3n) is 5.34. The molecule has 2 rings (SSSR count). The van der Waals surface area contributed by atoms with E-state index in [0.29, 0.717) is 6.42 Å². The van der Waals surface area contributed by atoms with E-state index in [1.807, 2.05) is 6.08 Å². The Morgan fingerprint density at radius 1 is 1.00 bits per heavy atom. The summed E-state index contributed by atoms with van der Waals surface area (Å²) in [5.41, 5.74) is 0. The molecule has 0 saturated heterocycles. The van der Waals surface area contributed by atoms with Gasteiger partial charge in [-0.3, -0.25) is 0 Å². The fourth-order valence-corrected chi connectivity index (χ4v) is 8.75. The monoisotopic (exact) mass is 396 g/mol. The number of rotatable bonds is 10. The largest absolute Gasteiger partial charge is 0.405 e. The predicted octanol–water partition coefficient (Wildman–Crippen LogP) is 5.06. The summed E-state index contributed by atoms with van der Waals surface area (Å²) in [6.45, 7) is 12.7. The minimum absolute atomic E-state index is 0.0231. The van der Waals surface area contributed by atoms with Crippen molar-refractivity contribution in [2.24, 2.45) is 0 Å². The number of aliphatic hydroxyl groups is 1. The molecule has 0 aromatic heterocycles. The average molecular weight is 397 g/mol. The first-order valence-corrected chi connectivity index (χ1v) is 12.3.